The summed E-state index contributed by atoms with van der Waals surface area (Å²) in [4.78, 5) is 1.18. The van der Waals surface area contributed by atoms with Crippen LogP contribution in [-0.2, 0) is 6.54 Å². The standard InChI is InChI=1S/C13H12F2N2OS2/c14-12(15)18-10-5-3-9(4-6-10)17-13(19)16-8-11-2-1-7-20-11/h1-7,12H,8H2,(H2,16,17,19). The first kappa shape index (κ1) is 14.7. The summed E-state index contributed by atoms with van der Waals surface area (Å²) in [6, 6.07) is 10.1. The second kappa shape index (κ2) is 7.16. The van der Waals surface area contributed by atoms with E-state index in [1.807, 2.05) is 17.5 Å². The average molecular weight is 314 g/mol. The molecule has 106 valence electrons. The third-order valence-corrected chi connectivity index (χ3v) is 3.46. The van der Waals surface area contributed by atoms with Crippen molar-refractivity contribution in [2.24, 2.45) is 0 Å². The first-order valence-electron chi connectivity index (χ1n) is 5.75. The minimum atomic E-state index is -2.82. The Hall–Kier alpha value is -1.73. The maximum absolute atomic E-state index is 12.0. The van der Waals surface area contributed by atoms with Crippen molar-refractivity contribution in [1.82, 2.24) is 5.32 Å². The lowest BCUT2D eigenvalue weighted by atomic mass is 10.3. The number of benzene rings is 1. The number of rotatable bonds is 5. The normalized spacial score (nSPS) is 10.3. The van der Waals surface area contributed by atoms with E-state index in [1.54, 1.807) is 23.5 Å². The Morgan fingerprint density at radius 1 is 1.25 bits per heavy atom. The highest BCUT2D eigenvalue weighted by molar-refractivity contribution is 7.80. The Labute approximate surface area is 124 Å². The number of hydrogen-bond acceptors (Lipinski definition) is 3. The molecule has 0 saturated heterocycles. The molecular weight excluding hydrogens is 302 g/mol. The fourth-order valence-electron chi connectivity index (χ4n) is 1.48. The molecule has 1 heterocycles. The van der Waals surface area contributed by atoms with Crippen LogP contribution >= 0.6 is 23.6 Å². The van der Waals surface area contributed by atoms with E-state index in [1.165, 1.54) is 17.0 Å². The van der Waals surface area contributed by atoms with Crippen LogP contribution in [0.2, 0.25) is 0 Å². The zero-order valence-corrected chi connectivity index (χ0v) is 11.9. The fourth-order valence-corrected chi connectivity index (χ4v) is 2.31. The Bertz CT molecular complexity index is 544. The highest BCUT2D eigenvalue weighted by Crippen LogP contribution is 2.17. The van der Waals surface area contributed by atoms with Crippen molar-refractivity contribution in [2.75, 3.05) is 5.32 Å². The number of ether oxygens (including phenoxy) is 1. The van der Waals surface area contributed by atoms with Gasteiger partial charge in [0.15, 0.2) is 5.11 Å². The SMILES string of the molecule is FC(F)Oc1ccc(NC(=S)NCc2cccs2)cc1. The average Bonchev–Trinajstić information content (AvgIpc) is 2.91. The monoisotopic (exact) mass is 314 g/mol. The Morgan fingerprint density at radius 2 is 2.00 bits per heavy atom. The molecule has 7 heteroatoms. The van der Waals surface area contributed by atoms with E-state index in [4.69, 9.17) is 12.2 Å². The second-order valence-corrected chi connectivity index (χ2v) is 5.23. The van der Waals surface area contributed by atoms with Gasteiger partial charge in [-0.05, 0) is 47.9 Å². The lowest BCUT2D eigenvalue weighted by Crippen LogP contribution is -2.27. The van der Waals surface area contributed by atoms with E-state index < -0.39 is 6.61 Å². The summed E-state index contributed by atoms with van der Waals surface area (Å²) in [7, 11) is 0. The predicted octanol–water partition coefficient (Wildman–Crippen LogP) is 3.84. The van der Waals surface area contributed by atoms with E-state index in [2.05, 4.69) is 15.4 Å². The summed E-state index contributed by atoms with van der Waals surface area (Å²) in [5.74, 6) is 0.114. The second-order valence-electron chi connectivity index (χ2n) is 3.79. The van der Waals surface area contributed by atoms with Crippen molar-refractivity contribution in [2.45, 2.75) is 13.2 Å². The van der Waals surface area contributed by atoms with Gasteiger partial charge in [0.2, 0.25) is 0 Å². The highest BCUT2D eigenvalue weighted by atomic mass is 32.1. The van der Waals surface area contributed by atoms with Gasteiger partial charge in [0, 0.05) is 10.6 Å². The van der Waals surface area contributed by atoms with E-state index in [9.17, 15) is 8.78 Å². The zero-order chi connectivity index (χ0) is 14.4. The van der Waals surface area contributed by atoms with Crippen LogP contribution in [0.5, 0.6) is 5.75 Å². The first-order chi connectivity index (χ1) is 9.63. The molecule has 3 nitrogen and oxygen atoms in total. The summed E-state index contributed by atoms with van der Waals surface area (Å²) >= 11 is 6.78. The molecule has 0 atom stereocenters. The topological polar surface area (TPSA) is 33.3 Å². The van der Waals surface area contributed by atoms with E-state index in [0.29, 0.717) is 17.3 Å². The fraction of sp³-hybridized carbons (Fsp3) is 0.154. The van der Waals surface area contributed by atoms with Gasteiger partial charge in [-0.1, -0.05) is 6.07 Å². The Kier molecular flexibility index (Phi) is 5.25. The molecule has 0 aliphatic heterocycles. The van der Waals surface area contributed by atoms with Gasteiger partial charge in [-0.25, -0.2) is 0 Å². The van der Waals surface area contributed by atoms with Crippen LogP contribution in [0, 0.1) is 0 Å². The zero-order valence-electron chi connectivity index (χ0n) is 10.3. The van der Waals surface area contributed by atoms with Crippen molar-refractivity contribution in [3.63, 3.8) is 0 Å². The van der Waals surface area contributed by atoms with Crippen LogP contribution in [0.15, 0.2) is 41.8 Å². The molecule has 1 aromatic heterocycles. The molecule has 1 aromatic carbocycles. The van der Waals surface area contributed by atoms with Crippen molar-refractivity contribution in [3.05, 3.63) is 46.7 Å². The van der Waals surface area contributed by atoms with Gasteiger partial charge in [-0.2, -0.15) is 8.78 Å². The van der Waals surface area contributed by atoms with Gasteiger partial charge in [0.1, 0.15) is 5.75 Å². The van der Waals surface area contributed by atoms with Crippen molar-refractivity contribution < 1.29 is 13.5 Å². The predicted molar refractivity (Wildman–Crippen MR) is 80.5 cm³/mol. The van der Waals surface area contributed by atoms with Crippen molar-refractivity contribution >= 4 is 34.4 Å². The molecule has 2 aromatic rings. The van der Waals surface area contributed by atoms with Gasteiger partial charge >= 0.3 is 6.61 Å². The maximum Gasteiger partial charge on any atom is 0.387 e. The lowest BCUT2D eigenvalue weighted by molar-refractivity contribution is -0.0498. The molecule has 0 fully saturated rings. The van der Waals surface area contributed by atoms with Crippen LogP contribution in [-0.4, -0.2) is 11.7 Å². The Balaban J connectivity index is 1.81. The minimum Gasteiger partial charge on any atom is -0.435 e. The van der Waals surface area contributed by atoms with Gasteiger partial charge < -0.3 is 15.4 Å². The Morgan fingerprint density at radius 3 is 2.60 bits per heavy atom. The lowest BCUT2D eigenvalue weighted by Gasteiger charge is -2.10. The summed E-state index contributed by atoms with van der Waals surface area (Å²) in [6.45, 7) is -2.17. The van der Waals surface area contributed by atoms with Gasteiger partial charge in [0.25, 0.3) is 0 Å². The molecule has 0 amide bonds. The molecule has 2 N–H and O–H groups in total. The third kappa shape index (κ3) is 4.75. The number of thiocarbonyl (C=S) groups is 1. The van der Waals surface area contributed by atoms with E-state index >= 15 is 0 Å². The molecule has 0 aliphatic rings. The van der Waals surface area contributed by atoms with Crippen LogP contribution in [0.4, 0.5) is 14.5 Å². The molecule has 0 spiro atoms. The molecule has 0 radical (unpaired) electrons. The van der Waals surface area contributed by atoms with Gasteiger partial charge in [0.05, 0.1) is 6.54 Å². The number of nitrogens with one attached hydrogen (secondary N) is 2. The number of thiophene rings is 1. The smallest absolute Gasteiger partial charge is 0.387 e. The molecule has 0 unspecified atom stereocenters. The molecule has 0 saturated carbocycles. The maximum atomic E-state index is 12.0. The number of alkyl halides is 2. The first-order valence-corrected chi connectivity index (χ1v) is 7.04. The summed E-state index contributed by atoms with van der Waals surface area (Å²) in [5.41, 5.74) is 0.704. The largest absolute Gasteiger partial charge is 0.435 e. The molecule has 2 rings (SSSR count). The molecule has 0 bridgehead atoms. The van der Waals surface area contributed by atoms with Gasteiger partial charge in [-0.15, -0.1) is 11.3 Å². The number of hydrogen-bond donors (Lipinski definition) is 2. The molecular formula is C13H12F2N2OS2. The summed E-state index contributed by atoms with van der Waals surface area (Å²) in [5, 5.41) is 8.49. The van der Waals surface area contributed by atoms with E-state index in [-0.39, 0.29) is 5.75 Å². The van der Waals surface area contributed by atoms with E-state index in [0.717, 1.165) is 0 Å². The highest BCUT2D eigenvalue weighted by Gasteiger charge is 2.04. The minimum absolute atomic E-state index is 0.114. The number of halogens is 2. The van der Waals surface area contributed by atoms with Crippen LogP contribution in [0.1, 0.15) is 4.88 Å². The summed E-state index contributed by atoms with van der Waals surface area (Å²) < 4.78 is 28.3. The third-order valence-electron chi connectivity index (χ3n) is 2.34. The van der Waals surface area contributed by atoms with Crippen LogP contribution < -0.4 is 15.4 Å². The van der Waals surface area contributed by atoms with Crippen LogP contribution in [0.3, 0.4) is 0 Å². The number of anilines is 1. The molecule has 20 heavy (non-hydrogen) atoms. The molecule has 0 aliphatic carbocycles. The summed E-state index contributed by atoms with van der Waals surface area (Å²) in [6.07, 6.45) is 0. The quantitative estimate of drug-likeness (QED) is 0.822. The van der Waals surface area contributed by atoms with Crippen molar-refractivity contribution in [1.29, 1.82) is 0 Å². The van der Waals surface area contributed by atoms with Gasteiger partial charge in [-0.3, -0.25) is 0 Å². The van der Waals surface area contributed by atoms with Crippen molar-refractivity contribution in [3.8, 4) is 5.75 Å². The van der Waals surface area contributed by atoms with Crippen LogP contribution in [0.25, 0.3) is 0 Å².